The fourth-order valence-corrected chi connectivity index (χ4v) is 5.50. The molecule has 1 aliphatic heterocycles. The van der Waals surface area contributed by atoms with Gasteiger partial charge >= 0.3 is 5.97 Å². The topological polar surface area (TPSA) is 73.9 Å². The average Bonchev–Trinajstić information content (AvgIpc) is 2.94. The van der Waals surface area contributed by atoms with Crippen molar-refractivity contribution >= 4 is 11.9 Å². The molecule has 1 atom stereocenters. The first kappa shape index (κ1) is 26.2. The summed E-state index contributed by atoms with van der Waals surface area (Å²) in [6.07, 6.45) is 9.12. The highest BCUT2D eigenvalue weighted by Crippen LogP contribution is 2.37. The van der Waals surface area contributed by atoms with Gasteiger partial charge in [0.25, 0.3) is 0 Å². The van der Waals surface area contributed by atoms with E-state index in [0.717, 1.165) is 35.8 Å². The SMILES string of the molecule is COC(=O)c1ccc(C(C)NC(=O)C2(c3ccc(OCCC4CCCCC4)cc3)CCOCC2)cc1. The van der Waals surface area contributed by atoms with E-state index in [1.165, 1.54) is 39.2 Å². The molecule has 1 saturated heterocycles. The molecule has 0 bridgehead atoms. The van der Waals surface area contributed by atoms with Crippen LogP contribution >= 0.6 is 0 Å². The van der Waals surface area contributed by atoms with Crippen molar-refractivity contribution in [1.82, 2.24) is 5.32 Å². The summed E-state index contributed by atoms with van der Waals surface area (Å²) in [5.74, 6) is 1.28. The Kier molecular flexibility index (Phi) is 9.03. The summed E-state index contributed by atoms with van der Waals surface area (Å²) in [7, 11) is 1.36. The molecule has 2 aromatic carbocycles. The predicted octanol–water partition coefficient (Wildman–Crippen LogP) is 5.75. The maximum absolute atomic E-state index is 13.7. The maximum atomic E-state index is 13.7. The number of rotatable bonds is 9. The van der Waals surface area contributed by atoms with Gasteiger partial charge in [-0.25, -0.2) is 4.79 Å². The van der Waals surface area contributed by atoms with Crippen LogP contribution in [0.15, 0.2) is 48.5 Å². The van der Waals surface area contributed by atoms with Gasteiger partial charge in [0.1, 0.15) is 5.75 Å². The number of carbonyl (C=O) groups excluding carboxylic acids is 2. The highest BCUT2D eigenvalue weighted by Gasteiger charge is 2.42. The van der Waals surface area contributed by atoms with E-state index in [4.69, 9.17) is 14.2 Å². The van der Waals surface area contributed by atoms with E-state index in [9.17, 15) is 9.59 Å². The van der Waals surface area contributed by atoms with E-state index in [0.29, 0.717) is 31.6 Å². The van der Waals surface area contributed by atoms with Crippen LogP contribution in [0.5, 0.6) is 5.75 Å². The Balaban J connectivity index is 1.40. The van der Waals surface area contributed by atoms with Crippen molar-refractivity contribution in [2.45, 2.75) is 69.7 Å². The van der Waals surface area contributed by atoms with Crippen LogP contribution in [0.4, 0.5) is 0 Å². The molecule has 2 aliphatic rings. The van der Waals surface area contributed by atoms with Gasteiger partial charge in [-0.2, -0.15) is 0 Å². The minimum absolute atomic E-state index is 0.00121. The number of nitrogens with one attached hydrogen (secondary N) is 1. The molecule has 1 unspecified atom stereocenters. The first-order valence-electron chi connectivity index (χ1n) is 13.3. The Bertz CT molecular complexity index is 989. The lowest BCUT2D eigenvalue weighted by Crippen LogP contribution is -2.48. The lowest BCUT2D eigenvalue weighted by molar-refractivity contribution is -0.131. The number of amides is 1. The normalized spacial score (nSPS) is 18.7. The van der Waals surface area contributed by atoms with Crippen molar-refractivity contribution in [2.24, 2.45) is 5.92 Å². The molecule has 6 nitrogen and oxygen atoms in total. The summed E-state index contributed by atoms with van der Waals surface area (Å²) in [6, 6.07) is 15.0. The lowest BCUT2D eigenvalue weighted by atomic mass is 9.73. The number of methoxy groups -OCH3 is 1. The Morgan fingerprint density at radius 3 is 2.31 bits per heavy atom. The number of carbonyl (C=O) groups is 2. The molecule has 4 rings (SSSR count). The highest BCUT2D eigenvalue weighted by molar-refractivity contribution is 5.90. The number of hydrogen-bond donors (Lipinski definition) is 1. The van der Waals surface area contributed by atoms with E-state index in [2.05, 4.69) is 5.32 Å². The highest BCUT2D eigenvalue weighted by atomic mass is 16.5. The summed E-state index contributed by atoms with van der Waals surface area (Å²) >= 11 is 0. The van der Waals surface area contributed by atoms with Crippen LogP contribution in [-0.4, -0.2) is 38.8 Å². The first-order chi connectivity index (χ1) is 17.5. The molecule has 1 heterocycles. The van der Waals surface area contributed by atoms with Crippen LogP contribution in [-0.2, 0) is 19.7 Å². The second-order valence-corrected chi connectivity index (χ2v) is 10.2. The van der Waals surface area contributed by atoms with Gasteiger partial charge in [-0.3, -0.25) is 4.79 Å². The minimum atomic E-state index is -0.640. The van der Waals surface area contributed by atoms with Crippen molar-refractivity contribution in [1.29, 1.82) is 0 Å². The van der Waals surface area contributed by atoms with Gasteiger partial charge in [-0.1, -0.05) is 56.4 Å². The smallest absolute Gasteiger partial charge is 0.337 e. The number of ether oxygens (including phenoxy) is 3. The third kappa shape index (κ3) is 6.28. The van der Waals surface area contributed by atoms with E-state index in [-0.39, 0.29) is 17.9 Å². The molecule has 0 spiro atoms. The van der Waals surface area contributed by atoms with Crippen molar-refractivity contribution in [2.75, 3.05) is 26.9 Å². The Hall–Kier alpha value is -2.86. The van der Waals surface area contributed by atoms with Crippen LogP contribution in [0.1, 0.15) is 85.8 Å². The molecular weight excluding hydrogens is 454 g/mol. The molecule has 1 saturated carbocycles. The Morgan fingerprint density at radius 2 is 1.67 bits per heavy atom. The number of esters is 1. The van der Waals surface area contributed by atoms with Crippen molar-refractivity contribution in [3.63, 3.8) is 0 Å². The van der Waals surface area contributed by atoms with E-state index >= 15 is 0 Å². The second kappa shape index (κ2) is 12.4. The van der Waals surface area contributed by atoms with E-state index in [1.807, 2.05) is 43.3 Å². The van der Waals surface area contributed by atoms with Gasteiger partial charge in [0.05, 0.1) is 30.7 Å². The summed E-state index contributed by atoms with van der Waals surface area (Å²) < 4.78 is 16.4. The van der Waals surface area contributed by atoms with Crippen LogP contribution in [0.3, 0.4) is 0 Å². The minimum Gasteiger partial charge on any atom is -0.494 e. The average molecular weight is 494 g/mol. The van der Waals surface area contributed by atoms with Gasteiger partial charge in [0.2, 0.25) is 5.91 Å². The summed E-state index contributed by atoms with van der Waals surface area (Å²) in [6.45, 7) is 3.81. The summed E-state index contributed by atoms with van der Waals surface area (Å²) in [5, 5.41) is 3.21. The molecule has 1 aliphatic carbocycles. The second-order valence-electron chi connectivity index (χ2n) is 10.2. The zero-order valence-electron chi connectivity index (χ0n) is 21.6. The first-order valence-corrected chi connectivity index (χ1v) is 13.3. The van der Waals surface area contributed by atoms with Crippen LogP contribution in [0, 0.1) is 5.92 Å². The molecule has 0 aromatic heterocycles. The fraction of sp³-hybridized carbons (Fsp3) is 0.533. The zero-order chi connectivity index (χ0) is 25.4. The molecule has 2 fully saturated rings. The molecule has 1 N–H and O–H groups in total. The fourth-order valence-electron chi connectivity index (χ4n) is 5.50. The Morgan fingerprint density at radius 1 is 1.00 bits per heavy atom. The third-order valence-corrected chi connectivity index (χ3v) is 7.89. The van der Waals surface area contributed by atoms with Gasteiger partial charge in [-0.05, 0) is 67.5 Å². The molecule has 1 amide bonds. The van der Waals surface area contributed by atoms with E-state index in [1.54, 1.807) is 12.1 Å². The monoisotopic (exact) mass is 493 g/mol. The van der Waals surface area contributed by atoms with Crippen molar-refractivity contribution in [3.05, 3.63) is 65.2 Å². The standard InChI is InChI=1S/C30H39NO5/c1-22(24-8-10-25(11-9-24)28(32)34-2)31-29(33)30(17-20-35-21-18-30)26-12-14-27(15-13-26)36-19-16-23-6-4-3-5-7-23/h8-15,22-23H,3-7,16-21H2,1-2H3,(H,31,33). The van der Waals surface area contributed by atoms with Crippen LogP contribution < -0.4 is 10.1 Å². The van der Waals surface area contributed by atoms with Crippen LogP contribution in [0.2, 0.25) is 0 Å². The maximum Gasteiger partial charge on any atom is 0.337 e. The molecule has 6 heteroatoms. The Labute approximate surface area is 214 Å². The van der Waals surface area contributed by atoms with Crippen molar-refractivity contribution in [3.8, 4) is 5.75 Å². The van der Waals surface area contributed by atoms with Crippen molar-refractivity contribution < 1.29 is 23.8 Å². The van der Waals surface area contributed by atoms with Gasteiger partial charge < -0.3 is 19.5 Å². The predicted molar refractivity (Wildman–Crippen MR) is 139 cm³/mol. The van der Waals surface area contributed by atoms with Crippen LogP contribution in [0.25, 0.3) is 0 Å². The molecule has 0 radical (unpaired) electrons. The summed E-state index contributed by atoms with van der Waals surface area (Å²) in [5.41, 5.74) is 1.77. The third-order valence-electron chi connectivity index (χ3n) is 7.89. The molecule has 2 aromatic rings. The molecule has 36 heavy (non-hydrogen) atoms. The number of benzene rings is 2. The summed E-state index contributed by atoms with van der Waals surface area (Å²) in [4.78, 5) is 25.4. The van der Waals surface area contributed by atoms with Gasteiger partial charge in [0, 0.05) is 13.2 Å². The quantitative estimate of drug-likeness (QED) is 0.451. The zero-order valence-corrected chi connectivity index (χ0v) is 21.6. The van der Waals surface area contributed by atoms with Gasteiger partial charge in [-0.15, -0.1) is 0 Å². The largest absolute Gasteiger partial charge is 0.494 e. The lowest BCUT2D eigenvalue weighted by Gasteiger charge is -2.37. The van der Waals surface area contributed by atoms with E-state index < -0.39 is 5.41 Å². The number of hydrogen-bond acceptors (Lipinski definition) is 5. The molecular formula is C30H39NO5. The molecule has 194 valence electrons. The van der Waals surface area contributed by atoms with Gasteiger partial charge in [0.15, 0.2) is 0 Å².